The molecule has 3 aliphatic rings. The minimum absolute atomic E-state index is 0.0584. The highest BCUT2D eigenvalue weighted by Crippen LogP contribution is 2.21. The van der Waals surface area contributed by atoms with E-state index in [-0.39, 0.29) is 24.0 Å². The molecule has 1 aromatic carbocycles. The van der Waals surface area contributed by atoms with E-state index in [4.69, 9.17) is 0 Å². The lowest BCUT2D eigenvalue weighted by molar-refractivity contribution is -0.126. The van der Waals surface area contributed by atoms with Crippen LogP contribution in [-0.2, 0) is 14.8 Å². The van der Waals surface area contributed by atoms with Gasteiger partial charge in [-0.1, -0.05) is 23.3 Å². The molecule has 12 heteroatoms. The second-order valence-corrected chi connectivity index (χ2v) is 9.08. The smallest absolute Gasteiger partial charge is 0.257 e. The highest BCUT2D eigenvalue weighted by Gasteiger charge is 2.33. The Morgan fingerprint density at radius 2 is 1.77 bits per heavy atom. The van der Waals surface area contributed by atoms with Gasteiger partial charge in [0.05, 0.1) is 17.0 Å². The number of carbonyl (C=O) groups is 1. The van der Waals surface area contributed by atoms with E-state index in [9.17, 15) is 13.2 Å². The van der Waals surface area contributed by atoms with E-state index < -0.39 is 10.0 Å². The summed E-state index contributed by atoms with van der Waals surface area (Å²) in [5.41, 5.74) is 1.16. The third-order valence-corrected chi connectivity index (χ3v) is 6.54. The summed E-state index contributed by atoms with van der Waals surface area (Å²) in [6, 6.07) is 9.61. The summed E-state index contributed by atoms with van der Waals surface area (Å²) in [6.07, 6.45) is 5.11. The number of nitrogens with zero attached hydrogens (tertiary/aromatic N) is 8. The Bertz CT molecular complexity index is 1190. The maximum Gasteiger partial charge on any atom is 0.257 e. The minimum Gasteiger partial charge on any atom is -0.336 e. The van der Waals surface area contributed by atoms with Crippen LogP contribution in [0.2, 0.25) is 0 Å². The van der Waals surface area contributed by atoms with Crippen LogP contribution >= 0.6 is 0 Å². The molecule has 11 nitrogen and oxygen atoms in total. The van der Waals surface area contributed by atoms with Gasteiger partial charge in [-0.15, -0.1) is 4.40 Å². The van der Waals surface area contributed by atoms with Crippen molar-refractivity contribution >= 4 is 27.7 Å². The minimum atomic E-state index is -3.55. The number of anilines is 1. The molecular formula is C19H20N8O3S. The summed E-state index contributed by atoms with van der Waals surface area (Å²) in [7, 11) is -3.55. The monoisotopic (exact) mass is 440 g/mol. The molecule has 1 saturated heterocycles. The van der Waals surface area contributed by atoms with Gasteiger partial charge in [0.2, 0.25) is 5.95 Å². The van der Waals surface area contributed by atoms with Crippen LogP contribution in [0.4, 0.5) is 5.95 Å². The van der Waals surface area contributed by atoms with Crippen LogP contribution in [0.5, 0.6) is 0 Å². The van der Waals surface area contributed by atoms with Crippen LogP contribution in [0.1, 0.15) is 0 Å². The van der Waals surface area contributed by atoms with E-state index in [1.807, 2.05) is 35.2 Å². The molecule has 0 aliphatic carbocycles. The third kappa shape index (κ3) is 3.69. The molecule has 4 heterocycles. The Kier molecular flexibility index (Phi) is 4.77. The number of para-hydroxylation sites is 1. The number of hydrogen-bond acceptors (Lipinski definition) is 8. The van der Waals surface area contributed by atoms with E-state index in [0.29, 0.717) is 37.7 Å². The van der Waals surface area contributed by atoms with E-state index >= 15 is 0 Å². The molecule has 2 aromatic rings. The van der Waals surface area contributed by atoms with Gasteiger partial charge in [0.1, 0.15) is 0 Å². The van der Waals surface area contributed by atoms with Crippen LogP contribution in [0, 0.1) is 0 Å². The summed E-state index contributed by atoms with van der Waals surface area (Å²) in [4.78, 5) is 18.6. The summed E-state index contributed by atoms with van der Waals surface area (Å²) in [5, 5.41) is 12.0. The zero-order valence-electron chi connectivity index (χ0n) is 16.6. The van der Waals surface area contributed by atoms with Crippen molar-refractivity contribution in [1.29, 1.82) is 0 Å². The van der Waals surface area contributed by atoms with Gasteiger partial charge in [0.25, 0.3) is 15.9 Å². The van der Waals surface area contributed by atoms with E-state index in [0.717, 1.165) is 5.69 Å². The van der Waals surface area contributed by atoms with Crippen molar-refractivity contribution in [3.63, 3.8) is 0 Å². The average Bonchev–Trinajstić information content (AvgIpc) is 3.28. The SMILES string of the molecule is O=C(C1=CC=CN2CCS(=O)(=O)N=C12)N1CCN(c2nnnn2-c2ccccc2)CC1. The number of rotatable bonds is 3. The number of aromatic nitrogens is 4. The normalized spacial score (nSPS) is 20.2. The molecule has 0 N–H and O–H groups in total. The summed E-state index contributed by atoms with van der Waals surface area (Å²) < 4.78 is 29.4. The van der Waals surface area contributed by atoms with Gasteiger partial charge in [0, 0.05) is 38.9 Å². The zero-order chi connectivity index (χ0) is 21.4. The van der Waals surface area contributed by atoms with Crippen molar-refractivity contribution in [2.75, 3.05) is 43.4 Å². The molecular weight excluding hydrogens is 420 g/mol. The van der Waals surface area contributed by atoms with Crippen LogP contribution in [-0.4, -0.2) is 88.6 Å². The van der Waals surface area contributed by atoms with E-state index in [1.165, 1.54) is 0 Å². The first-order chi connectivity index (χ1) is 15.0. The lowest BCUT2D eigenvalue weighted by Gasteiger charge is -2.36. The molecule has 0 radical (unpaired) electrons. The van der Waals surface area contributed by atoms with Gasteiger partial charge < -0.3 is 14.7 Å². The average molecular weight is 440 g/mol. The second kappa shape index (κ2) is 7.61. The Morgan fingerprint density at radius 3 is 2.55 bits per heavy atom. The van der Waals surface area contributed by atoms with Gasteiger partial charge in [-0.25, -0.2) is 8.42 Å². The largest absolute Gasteiger partial charge is 0.336 e. The fraction of sp³-hybridized carbons (Fsp3) is 0.316. The molecule has 1 aromatic heterocycles. The highest BCUT2D eigenvalue weighted by atomic mass is 32.2. The highest BCUT2D eigenvalue weighted by molar-refractivity contribution is 7.90. The fourth-order valence-electron chi connectivity index (χ4n) is 3.78. The Balaban J connectivity index is 1.31. The quantitative estimate of drug-likeness (QED) is 0.645. The number of fused-ring (bicyclic) bond motifs is 1. The fourth-order valence-corrected chi connectivity index (χ4v) is 4.76. The molecule has 0 bridgehead atoms. The molecule has 0 unspecified atom stereocenters. The number of allylic oxidation sites excluding steroid dienone is 2. The van der Waals surface area contributed by atoms with Crippen molar-refractivity contribution in [3.8, 4) is 5.69 Å². The Hall–Kier alpha value is -3.54. The summed E-state index contributed by atoms with van der Waals surface area (Å²) >= 11 is 0. The van der Waals surface area contributed by atoms with Crippen LogP contribution < -0.4 is 4.90 Å². The first-order valence-electron chi connectivity index (χ1n) is 9.88. The number of benzene rings is 1. The maximum absolute atomic E-state index is 13.2. The Morgan fingerprint density at radius 1 is 1.00 bits per heavy atom. The predicted molar refractivity (Wildman–Crippen MR) is 113 cm³/mol. The van der Waals surface area contributed by atoms with Crippen molar-refractivity contribution in [2.24, 2.45) is 4.40 Å². The number of hydrogen-bond donors (Lipinski definition) is 0. The zero-order valence-corrected chi connectivity index (χ0v) is 17.4. The predicted octanol–water partition coefficient (Wildman–Crippen LogP) is -0.191. The molecule has 1 fully saturated rings. The third-order valence-electron chi connectivity index (χ3n) is 5.39. The van der Waals surface area contributed by atoms with Crippen molar-refractivity contribution < 1.29 is 13.2 Å². The lowest BCUT2D eigenvalue weighted by Crippen LogP contribution is -2.51. The number of sulfonamides is 1. The summed E-state index contributed by atoms with van der Waals surface area (Å²) in [5.74, 6) is 0.533. The molecule has 1 amide bonds. The maximum atomic E-state index is 13.2. The van der Waals surface area contributed by atoms with Gasteiger partial charge >= 0.3 is 0 Å². The van der Waals surface area contributed by atoms with Crippen molar-refractivity contribution in [2.45, 2.75) is 0 Å². The van der Waals surface area contributed by atoms with Gasteiger partial charge in [-0.2, -0.15) is 4.68 Å². The number of amides is 1. The topological polar surface area (TPSA) is 117 Å². The Labute approximate surface area is 179 Å². The number of amidine groups is 1. The molecule has 160 valence electrons. The summed E-state index contributed by atoms with van der Waals surface area (Å²) in [6.45, 7) is 2.31. The number of piperazine rings is 1. The number of carbonyl (C=O) groups excluding carboxylic acids is 1. The standard InChI is InChI=1S/C19H20N8O3S/c28-18(16-7-4-8-24-13-14-31(29,30)21-17(16)24)25-9-11-26(12-10-25)19-20-22-23-27(19)15-5-2-1-3-6-15/h1-8H,9-14H2. The van der Waals surface area contributed by atoms with Gasteiger partial charge in [0.15, 0.2) is 5.84 Å². The van der Waals surface area contributed by atoms with Gasteiger partial charge in [-0.3, -0.25) is 4.79 Å². The number of tetrazole rings is 1. The van der Waals surface area contributed by atoms with Gasteiger partial charge in [-0.05, 0) is 34.7 Å². The molecule has 5 rings (SSSR count). The molecule has 0 spiro atoms. The molecule has 0 saturated carbocycles. The second-order valence-electron chi connectivity index (χ2n) is 7.32. The lowest BCUT2D eigenvalue weighted by atomic mass is 10.1. The van der Waals surface area contributed by atoms with Crippen molar-refractivity contribution in [3.05, 3.63) is 54.3 Å². The van der Waals surface area contributed by atoms with Crippen LogP contribution in [0.3, 0.4) is 0 Å². The molecule has 3 aliphatic heterocycles. The van der Waals surface area contributed by atoms with E-state index in [2.05, 4.69) is 19.9 Å². The van der Waals surface area contributed by atoms with Crippen molar-refractivity contribution in [1.82, 2.24) is 30.0 Å². The molecule has 31 heavy (non-hydrogen) atoms. The first kappa shape index (κ1) is 19.4. The van der Waals surface area contributed by atoms with E-state index in [1.54, 1.807) is 32.8 Å². The van der Waals surface area contributed by atoms with Crippen LogP contribution in [0.15, 0.2) is 58.7 Å². The first-order valence-corrected chi connectivity index (χ1v) is 11.5. The molecule has 0 atom stereocenters. The van der Waals surface area contributed by atoms with Crippen LogP contribution in [0.25, 0.3) is 5.69 Å².